The Labute approximate surface area is 124 Å². The number of carbonyl (C=O) groups excluding carboxylic acids is 1. The minimum absolute atomic E-state index is 0.297. The molecule has 0 fully saturated rings. The highest BCUT2D eigenvalue weighted by Gasteiger charge is 2.12. The van der Waals surface area contributed by atoms with E-state index in [1.807, 2.05) is 0 Å². The Balaban J connectivity index is 2.07. The van der Waals surface area contributed by atoms with Crippen molar-refractivity contribution in [2.45, 2.75) is 0 Å². The highest BCUT2D eigenvalue weighted by atomic mass is 19.1. The summed E-state index contributed by atoms with van der Waals surface area (Å²) in [7, 11) is 0. The van der Waals surface area contributed by atoms with Crippen LogP contribution in [0, 0.1) is 11.6 Å². The van der Waals surface area contributed by atoms with Crippen LogP contribution in [0.1, 0.15) is 11.3 Å². The van der Waals surface area contributed by atoms with Crippen LogP contribution in [0.4, 0.5) is 13.6 Å². The van der Waals surface area contributed by atoms with E-state index in [0.717, 1.165) is 10.2 Å². The number of rotatable bonds is 2. The first-order chi connectivity index (χ1) is 10.5. The largest absolute Gasteiger partial charge is 0.350 e. The van der Waals surface area contributed by atoms with E-state index >= 15 is 0 Å². The zero-order chi connectivity index (χ0) is 15.7. The summed E-state index contributed by atoms with van der Waals surface area (Å²) in [6, 6.07) is 9.12. The van der Waals surface area contributed by atoms with E-state index in [2.05, 4.69) is 5.10 Å². The van der Waals surface area contributed by atoms with Gasteiger partial charge in [-0.05, 0) is 35.9 Å². The topological polar surface area (TPSA) is 60.9 Å². The number of nitrogens with zero attached hydrogens (tertiary/aromatic N) is 2. The molecule has 22 heavy (non-hydrogen) atoms. The number of primary amides is 1. The molecule has 3 aromatic rings. The molecule has 6 heteroatoms. The predicted molar refractivity (Wildman–Crippen MR) is 80.0 cm³/mol. The van der Waals surface area contributed by atoms with E-state index in [1.54, 1.807) is 24.3 Å². The van der Waals surface area contributed by atoms with E-state index in [4.69, 9.17) is 5.73 Å². The Hall–Kier alpha value is -3.02. The van der Waals surface area contributed by atoms with Crippen molar-refractivity contribution in [1.29, 1.82) is 0 Å². The van der Waals surface area contributed by atoms with Crippen LogP contribution in [0.3, 0.4) is 0 Å². The molecule has 0 saturated carbocycles. The second-order valence-electron chi connectivity index (χ2n) is 4.68. The predicted octanol–water partition coefficient (Wildman–Crippen LogP) is 3.41. The summed E-state index contributed by atoms with van der Waals surface area (Å²) in [5.41, 5.74) is 6.78. The molecule has 1 heterocycles. The number of hydrogen-bond acceptors (Lipinski definition) is 2. The number of carbonyl (C=O) groups is 1. The van der Waals surface area contributed by atoms with Gasteiger partial charge in [-0.25, -0.2) is 13.6 Å². The van der Waals surface area contributed by atoms with Gasteiger partial charge in [0, 0.05) is 11.5 Å². The minimum atomic E-state index is -0.794. The average Bonchev–Trinajstić information content (AvgIpc) is 2.85. The van der Waals surface area contributed by atoms with Gasteiger partial charge in [-0.15, -0.1) is 0 Å². The van der Waals surface area contributed by atoms with Crippen molar-refractivity contribution < 1.29 is 13.6 Å². The Morgan fingerprint density at radius 3 is 2.41 bits per heavy atom. The summed E-state index contributed by atoms with van der Waals surface area (Å²) < 4.78 is 27.1. The number of fused-ring (bicyclic) bond motifs is 1. The van der Waals surface area contributed by atoms with Crippen LogP contribution in [-0.4, -0.2) is 15.8 Å². The summed E-state index contributed by atoms with van der Waals surface area (Å²) in [5.74, 6) is -0.806. The minimum Gasteiger partial charge on any atom is -0.350 e. The van der Waals surface area contributed by atoms with Crippen molar-refractivity contribution in [2.24, 2.45) is 5.73 Å². The van der Waals surface area contributed by atoms with Crippen LogP contribution >= 0.6 is 0 Å². The molecule has 0 aliphatic rings. The van der Waals surface area contributed by atoms with Crippen LogP contribution in [0.2, 0.25) is 0 Å². The average molecular weight is 299 g/mol. The highest BCUT2D eigenvalue weighted by Crippen LogP contribution is 2.21. The van der Waals surface area contributed by atoms with E-state index in [9.17, 15) is 13.6 Å². The fourth-order valence-electron chi connectivity index (χ4n) is 2.15. The molecule has 1 amide bonds. The van der Waals surface area contributed by atoms with E-state index < -0.39 is 11.8 Å². The van der Waals surface area contributed by atoms with E-state index in [-0.39, 0.29) is 5.82 Å². The SMILES string of the molecule is NC(=O)n1nc(C=Cc2ccc(F)cc2)c2ccc(F)cc21. The monoisotopic (exact) mass is 299 g/mol. The summed E-state index contributed by atoms with van der Waals surface area (Å²) in [4.78, 5) is 11.4. The molecular weight excluding hydrogens is 288 g/mol. The molecule has 0 spiro atoms. The molecule has 4 nitrogen and oxygen atoms in total. The first-order valence-electron chi connectivity index (χ1n) is 6.46. The molecule has 1 aromatic heterocycles. The summed E-state index contributed by atoms with van der Waals surface area (Å²) in [6.45, 7) is 0. The molecule has 2 aromatic carbocycles. The standard InChI is InChI=1S/C16H11F2N3O/c17-11-4-1-10(2-5-11)3-8-14-13-7-6-12(18)9-15(13)21(20-14)16(19)22/h1-9H,(H2,19,22). The molecule has 0 bridgehead atoms. The van der Waals surface area contributed by atoms with Gasteiger partial charge in [0.05, 0.1) is 11.2 Å². The van der Waals surface area contributed by atoms with Gasteiger partial charge in [-0.2, -0.15) is 9.78 Å². The number of amides is 1. The molecule has 110 valence electrons. The van der Waals surface area contributed by atoms with Gasteiger partial charge >= 0.3 is 6.03 Å². The zero-order valence-corrected chi connectivity index (χ0v) is 11.3. The third kappa shape index (κ3) is 2.58. The Kier molecular flexibility index (Phi) is 3.42. The van der Waals surface area contributed by atoms with Crippen molar-refractivity contribution in [1.82, 2.24) is 9.78 Å². The lowest BCUT2D eigenvalue weighted by Gasteiger charge is -1.95. The smallest absolute Gasteiger partial charge is 0.340 e. The lowest BCUT2D eigenvalue weighted by atomic mass is 10.1. The molecule has 0 atom stereocenters. The van der Waals surface area contributed by atoms with Crippen molar-refractivity contribution in [3.8, 4) is 0 Å². The van der Waals surface area contributed by atoms with Gasteiger partial charge in [-0.3, -0.25) is 0 Å². The Morgan fingerprint density at radius 1 is 1.05 bits per heavy atom. The maximum absolute atomic E-state index is 13.3. The molecule has 2 N–H and O–H groups in total. The van der Waals surface area contributed by atoms with Crippen LogP contribution in [-0.2, 0) is 0 Å². The quantitative estimate of drug-likeness (QED) is 0.788. The summed E-state index contributed by atoms with van der Waals surface area (Å²) in [6.07, 6.45) is 3.38. The van der Waals surface area contributed by atoms with Crippen LogP contribution in [0.5, 0.6) is 0 Å². The lowest BCUT2D eigenvalue weighted by molar-refractivity contribution is 0.248. The van der Waals surface area contributed by atoms with Crippen molar-refractivity contribution >= 4 is 29.1 Å². The second-order valence-corrected chi connectivity index (χ2v) is 4.68. The van der Waals surface area contributed by atoms with Crippen LogP contribution in [0.15, 0.2) is 42.5 Å². The molecule has 0 aliphatic carbocycles. The van der Waals surface area contributed by atoms with Gasteiger partial charge in [0.15, 0.2) is 0 Å². The highest BCUT2D eigenvalue weighted by molar-refractivity contribution is 5.95. The third-order valence-corrected chi connectivity index (χ3v) is 3.18. The first-order valence-corrected chi connectivity index (χ1v) is 6.46. The van der Waals surface area contributed by atoms with Gasteiger partial charge in [-0.1, -0.05) is 18.2 Å². The van der Waals surface area contributed by atoms with Gasteiger partial charge in [0.2, 0.25) is 0 Å². The fraction of sp³-hybridized carbons (Fsp3) is 0. The molecular formula is C16H11F2N3O. The van der Waals surface area contributed by atoms with E-state index in [0.29, 0.717) is 16.6 Å². The Morgan fingerprint density at radius 2 is 1.73 bits per heavy atom. The molecule has 0 saturated heterocycles. The fourth-order valence-corrected chi connectivity index (χ4v) is 2.15. The summed E-state index contributed by atoms with van der Waals surface area (Å²) >= 11 is 0. The van der Waals surface area contributed by atoms with Gasteiger partial charge in [0.1, 0.15) is 11.6 Å². The van der Waals surface area contributed by atoms with Gasteiger partial charge < -0.3 is 5.73 Å². The molecule has 0 radical (unpaired) electrons. The number of nitrogens with two attached hydrogens (primary N) is 1. The maximum Gasteiger partial charge on any atom is 0.340 e. The third-order valence-electron chi connectivity index (χ3n) is 3.18. The molecule has 3 rings (SSSR count). The number of halogens is 2. The lowest BCUT2D eigenvalue weighted by Crippen LogP contribution is -2.20. The molecule has 0 aliphatic heterocycles. The number of benzene rings is 2. The zero-order valence-electron chi connectivity index (χ0n) is 11.3. The van der Waals surface area contributed by atoms with E-state index in [1.165, 1.54) is 30.3 Å². The Bertz CT molecular complexity index is 882. The van der Waals surface area contributed by atoms with Crippen molar-refractivity contribution in [3.05, 3.63) is 65.4 Å². The van der Waals surface area contributed by atoms with Crippen molar-refractivity contribution in [2.75, 3.05) is 0 Å². The molecule has 0 unspecified atom stereocenters. The van der Waals surface area contributed by atoms with Crippen LogP contribution in [0.25, 0.3) is 23.1 Å². The summed E-state index contributed by atoms with van der Waals surface area (Å²) in [5, 5.41) is 4.67. The normalized spacial score (nSPS) is 11.4. The van der Waals surface area contributed by atoms with Crippen molar-refractivity contribution in [3.63, 3.8) is 0 Å². The second kappa shape index (κ2) is 5.40. The number of hydrogen-bond donors (Lipinski definition) is 1. The maximum atomic E-state index is 13.3. The number of aromatic nitrogens is 2. The first kappa shape index (κ1) is 13.9. The van der Waals surface area contributed by atoms with Crippen LogP contribution < -0.4 is 5.73 Å². The van der Waals surface area contributed by atoms with Gasteiger partial charge in [0.25, 0.3) is 0 Å².